The highest BCUT2D eigenvalue weighted by Gasteiger charge is 2.20. The Kier molecular flexibility index (Phi) is 4.29. The van der Waals surface area contributed by atoms with Crippen LogP contribution in [0.25, 0.3) is 0 Å². The van der Waals surface area contributed by atoms with Crippen LogP contribution in [0.15, 0.2) is 15.7 Å². The fourth-order valence-corrected chi connectivity index (χ4v) is 3.07. The largest absolute Gasteiger partial charge is 0.336 e. The summed E-state index contributed by atoms with van der Waals surface area (Å²) in [5.41, 5.74) is 0.370. The molecule has 0 aromatic carbocycles. The Hall–Kier alpha value is -0.920. The van der Waals surface area contributed by atoms with Gasteiger partial charge in [-0.3, -0.25) is 4.79 Å². The molecule has 0 atom stereocenters. The topological polar surface area (TPSA) is 80.5 Å². The summed E-state index contributed by atoms with van der Waals surface area (Å²) < 4.78 is 22.2. The predicted molar refractivity (Wildman–Crippen MR) is 67.5 cm³/mol. The molecule has 0 saturated heterocycles. The van der Waals surface area contributed by atoms with Crippen molar-refractivity contribution in [2.45, 2.75) is 31.0 Å². The van der Waals surface area contributed by atoms with Crippen LogP contribution in [-0.2, 0) is 10.0 Å². The molecule has 0 saturated carbocycles. The molecule has 0 aliphatic rings. The second kappa shape index (κ2) is 5.16. The monoisotopic (exact) mass is 276 g/mol. The molecule has 1 heterocycles. The molecular formula is C10H16N2O3S2. The lowest BCUT2D eigenvalue weighted by Gasteiger charge is -2.24. The van der Waals surface area contributed by atoms with Gasteiger partial charge in [0, 0.05) is 18.0 Å². The van der Waals surface area contributed by atoms with E-state index < -0.39 is 10.0 Å². The number of rotatable bonds is 4. The van der Waals surface area contributed by atoms with Crippen LogP contribution in [-0.4, -0.2) is 31.8 Å². The molecular weight excluding hydrogens is 260 g/mol. The molecule has 0 bridgehead atoms. The second-order valence-electron chi connectivity index (χ2n) is 3.88. The molecule has 0 unspecified atom stereocenters. The van der Waals surface area contributed by atoms with Gasteiger partial charge in [0.2, 0.25) is 10.0 Å². The summed E-state index contributed by atoms with van der Waals surface area (Å²) in [6.45, 7) is 6.28. The number of thiophene rings is 1. The maximum Gasteiger partial charge on any atom is 0.254 e. The zero-order chi connectivity index (χ0) is 13.2. The Labute approximate surface area is 105 Å². The maximum absolute atomic E-state index is 12.1. The summed E-state index contributed by atoms with van der Waals surface area (Å²) in [5.74, 6) is -0.173. The van der Waals surface area contributed by atoms with Crippen LogP contribution in [0.3, 0.4) is 0 Å². The SMILES string of the molecule is CCN(C(=O)c1csc(S(N)(=O)=O)c1)C(C)C. The van der Waals surface area contributed by atoms with E-state index >= 15 is 0 Å². The van der Waals surface area contributed by atoms with E-state index in [2.05, 4.69) is 0 Å². The van der Waals surface area contributed by atoms with Crippen LogP contribution in [0.2, 0.25) is 0 Å². The Morgan fingerprint density at radius 1 is 1.53 bits per heavy atom. The van der Waals surface area contributed by atoms with Crippen molar-refractivity contribution in [1.29, 1.82) is 0 Å². The quantitative estimate of drug-likeness (QED) is 0.899. The van der Waals surface area contributed by atoms with E-state index in [-0.39, 0.29) is 16.2 Å². The summed E-state index contributed by atoms with van der Waals surface area (Å²) in [6.07, 6.45) is 0. The van der Waals surface area contributed by atoms with Gasteiger partial charge in [-0.2, -0.15) is 0 Å². The average Bonchev–Trinajstić information content (AvgIpc) is 2.65. The lowest BCUT2D eigenvalue weighted by Crippen LogP contribution is -2.36. The number of sulfonamides is 1. The highest BCUT2D eigenvalue weighted by Crippen LogP contribution is 2.20. The summed E-state index contributed by atoms with van der Waals surface area (Å²) in [5, 5.41) is 6.52. The smallest absolute Gasteiger partial charge is 0.254 e. The summed E-state index contributed by atoms with van der Waals surface area (Å²) in [6, 6.07) is 1.40. The zero-order valence-corrected chi connectivity index (χ0v) is 11.6. The number of amides is 1. The fourth-order valence-electron chi connectivity index (χ4n) is 1.49. The van der Waals surface area contributed by atoms with Gasteiger partial charge in [0.05, 0.1) is 5.56 Å². The molecule has 0 spiro atoms. The number of nitrogens with zero attached hydrogens (tertiary/aromatic N) is 1. The third kappa shape index (κ3) is 3.27. The zero-order valence-electron chi connectivity index (χ0n) is 10.0. The van der Waals surface area contributed by atoms with Crippen LogP contribution >= 0.6 is 11.3 Å². The van der Waals surface area contributed by atoms with E-state index in [1.807, 2.05) is 20.8 Å². The average molecular weight is 276 g/mol. The van der Waals surface area contributed by atoms with Crippen LogP contribution in [0.5, 0.6) is 0 Å². The first-order valence-corrected chi connectivity index (χ1v) is 7.62. The number of carbonyl (C=O) groups excluding carboxylic acids is 1. The molecule has 96 valence electrons. The van der Waals surface area contributed by atoms with Crippen LogP contribution in [0.1, 0.15) is 31.1 Å². The van der Waals surface area contributed by atoms with Crippen molar-refractivity contribution in [3.8, 4) is 0 Å². The predicted octanol–water partition coefficient (Wildman–Crippen LogP) is 1.27. The highest BCUT2D eigenvalue weighted by atomic mass is 32.2. The van der Waals surface area contributed by atoms with Crippen molar-refractivity contribution < 1.29 is 13.2 Å². The number of nitrogens with two attached hydrogens (primary N) is 1. The summed E-state index contributed by atoms with van der Waals surface area (Å²) in [4.78, 5) is 13.7. The standard InChI is InChI=1S/C10H16N2O3S2/c1-4-12(7(2)3)10(13)8-5-9(16-6-8)17(11,14)15/h5-7H,4H2,1-3H3,(H2,11,14,15). The van der Waals surface area contributed by atoms with Gasteiger partial charge in [-0.1, -0.05) is 0 Å². The second-order valence-corrected chi connectivity index (χ2v) is 6.58. The number of hydrogen-bond acceptors (Lipinski definition) is 4. The number of primary sulfonamides is 1. The Balaban J connectivity index is 3.02. The molecule has 1 amide bonds. The lowest BCUT2D eigenvalue weighted by atomic mass is 10.2. The molecule has 17 heavy (non-hydrogen) atoms. The van der Waals surface area contributed by atoms with Crippen LogP contribution < -0.4 is 5.14 Å². The van der Waals surface area contributed by atoms with Gasteiger partial charge in [0.1, 0.15) is 4.21 Å². The Bertz CT molecular complexity index is 505. The summed E-state index contributed by atoms with van der Waals surface area (Å²) in [7, 11) is -3.72. The minimum absolute atomic E-state index is 0.0145. The van der Waals surface area contributed by atoms with Crippen molar-refractivity contribution in [3.05, 3.63) is 17.0 Å². The third-order valence-electron chi connectivity index (χ3n) is 2.33. The minimum atomic E-state index is -3.72. The molecule has 5 nitrogen and oxygen atoms in total. The number of hydrogen-bond donors (Lipinski definition) is 1. The van der Waals surface area contributed by atoms with Crippen molar-refractivity contribution in [2.24, 2.45) is 5.14 Å². The van der Waals surface area contributed by atoms with Crippen molar-refractivity contribution in [3.63, 3.8) is 0 Å². The molecule has 1 aromatic rings. The van der Waals surface area contributed by atoms with E-state index in [1.54, 1.807) is 4.90 Å². The van der Waals surface area contributed by atoms with Gasteiger partial charge < -0.3 is 4.90 Å². The van der Waals surface area contributed by atoms with Crippen molar-refractivity contribution in [1.82, 2.24) is 4.90 Å². The van der Waals surface area contributed by atoms with Gasteiger partial charge in [0.25, 0.3) is 5.91 Å². The highest BCUT2D eigenvalue weighted by molar-refractivity contribution is 7.91. The molecule has 0 fully saturated rings. The van der Waals surface area contributed by atoms with E-state index in [9.17, 15) is 13.2 Å². The maximum atomic E-state index is 12.1. The van der Waals surface area contributed by atoms with E-state index in [4.69, 9.17) is 5.14 Å². The van der Waals surface area contributed by atoms with E-state index in [0.29, 0.717) is 12.1 Å². The van der Waals surface area contributed by atoms with E-state index in [1.165, 1.54) is 11.4 Å². The first-order chi connectivity index (χ1) is 7.77. The first kappa shape index (κ1) is 14.1. The normalized spacial score (nSPS) is 11.8. The molecule has 0 aliphatic heterocycles. The molecule has 1 aromatic heterocycles. The van der Waals surface area contributed by atoms with Gasteiger partial charge in [0.15, 0.2) is 0 Å². The third-order valence-corrected chi connectivity index (χ3v) is 4.71. The molecule has 2 N–H and O–H groups in total. The number of carbonyl (C=O) groups is 1. The molecule has 0 aliphatic carbocycles. The first-order valence-electron chi connectivity index (χ1n) is 5.19. The van der Waals surface area contributed by atoms with Gasteiger partial charge in [-0.15, -0.1) is 11.3 Å². The molecule has 1 rings (SSSR count). The lowest BCUT2D eigenvalue weighted by molar-refractivity contribution is 0.0717. The summed E-state index contributed by atoms with van der Waals surface area (Å²) >= 11 is 0.964. The Morgan fingerprint density at radius 2 is 2.12 bits per heavy atom. The van der Waals surface area contributed by atoms with Crippen molar-refractivity contribution in [2.75, 3.05) is 6.54 Å². The van der Waals surface area contributed by atoms with Gasteiger partial charge >= 0.3 is 0 Å². The van der Waals surface area contributed by atoms with Crippen molar-refractivity contribution >= 4 is 27.3 Å². The van der Waals surface area contributed by atoms with Crippen LogP contribution in [0, 0.1) is 0 Å². The molecule has 0 radical (unpaired) electrons. The Morgan fingerprint density at radius 3 is 2.47 bits per heavy atom. The van der Waals surface area contributed by atoms with Crippen LogP contribution in [0.4, 0.5) is 0 Å². The fraction of sp³-hybridized carbons (Fsp3) is 0.500. The van der Waals surface area contributed by atoms with E-state index in [0.717, 1.165) is 11.3 Å². The minimum Gasteiger partial charge on any atom is -0.336 e. The van der Waals surface area contributed by atoms with Gasteiger partial charge in [-0.25, -0.2) is 13.6 Å². The van der Waals surface area contributed by atoms with Gasteiger partial charge in [-0.05, 0) is 26.8 Å². The molecule has 7 heteroatoms.